The van der Waals surface area contributed by atoms with Crippen molar-refractivity contribution < 1.29 is 0 Å². The van der Waals surface area contributed by atoms with E-state index in [1.54, 1.807) is 0 Å². The first-order valence-corrected chi connectivity index (χ1v) is 10.5. The maximum absolute atomic E-state index is 6.69. The Morgan fingerprint density at radius 2 is 1.13 bits per heavy atom. The van der Waals surface area contributed by atoms with Gasteiger partial charge < -0.3 is 11.5 Å². The van der Waals surface area contributed by atoms with Gasteiger partial charge in [-0.25, -0.2) is 0 Å². The highest BCUT2D eigenvalue weighted by Gasteiger charge is 2.41. The Morgan fingerprint density at radius 3 is 1.43 bits per heavy atom. The van der Waals surface area contributed by atoms with Crippen molar-refractivity contribution in [3.63, 3.8) is 0 Å². The molecule has 2 saturated carbocycles. The maximum atomic E-state index is 6.69. The van der Waals surface area contributed by atoms with Crippen LogP contribution in [0.1, 0.15) is 98.3 Å². The van der Waals surface area contributed by atoms with Crippen LogP contribution in [0.3, 0.4) is 0 Å². The van der Waals surface area contributed by atoms with E-state index in [-0.39, 0.29) is 11.1 Å². The topological polar surface area (TPSA) is 52.0 Å². The second kappa shape index (κ2) is 7.87. The second-order valence-corrected chi connectivity index (χ2v) is 8.90. The van der Waals surface area contributed by atoms with Crippen molar-refractivity contribution in [3.8, 4) is 0 Å². The van der Waals surface area contributed by atoms with Gasteiger partial charge in [0.15, 0.2) is 0 Å². The molecule has 6 atom stereocenters. The normalized spacial score (nSPS) is 45.1. The molecule has 0 aromatic heterocycles. The average Bonchev–Trinajstić information content (AvgIpc) is 2.58. The predicted octanol–water partition coefficient (Wildman–Crippen LogP) is 5.24. The van der Waals surface area contributed by atoms with E-state index in [1.165, 1.54) is 57.8 Å². The molecule has 0 bridgehead atoms. The molecule has 0 heterocycles. The lowest BCUT2D eigenvalue weighted by Crippen LogP contribution is -2.51. The fourth-order valence-electron chi connectivity index (χ4n) is 5.84. The molecule has 4 N–H and O–H groups in total. The highest BCUT2D eigenvalue weighted by atomic mass is 14.8. The lowest BCUT2D eigenvalue weighted by atomic mass is 9.62. The molecular formula is C21H42N2. The van der Waals surface area contributed by atoms with E-state index in [4.69, 9.17) is 11.5 Å². The van der Waals surface area contributed by atoms with Crippen molar-refractivity contribution in [2.75, 3.05) is 0 Å². The molecule has 2 aliphatic carbocycles. The molecule has 2 heteroatoms. The summed E-state index contributed by atoms with van der Waals surface area (Å²) in [6.07, 6.45) is 14.2. The Kier molecular flexibility index (Phi) is 6.58. The van der Waals surface area contributed by atoms with Crippen LogP contribution >= 0.6 is 0 Å². The van der Waals surface area contributed by atoms with Gasteiger partial charge in [-0.15, -0.1) is 0 Å². The van der Waals surface area contributed by atoms with Gasteiger partial charge in [-0.05, 0) is 81.5 Å². The molecular weight excluding hydrogens is 280 g/mol. The summed E-state index contributed by atoms with van der Waals surface area (Å²) in [5.41, 5.74) is 13.6. The van der Waals surface area contributed by atoms with Crippen LogP contribution in [0.5, 0.6) is 0 Å². The highest BCUT2D eigenvalue weighted by molar-refractivity contribution is 4.98. The van der Waals surface area contributed by atoms with Gasteiger partial charge in [0.1, 0.15) is 0 Å². The molecule has 6 unspecified atom stereocenters. The molecule has 0 spiro atoms. The molecule has 0 amide bonds. The van der Waals surface area contributed by atoms with Gasteiger partial charge in [0.25, 0.3) is 0 Å². The Morgan fingerprint density at radius 1 is 0.739 bits per heavy atom. The van der Waals surface area contributed by atoms with Crippen molar-refractivity contribution in [1.29, 1.82) is 0 Å². The van der Waals surface area contributed by atoms with E-state index in [0.29, 0.717) is 0 Å². The van der Waals surface area contributed by atoms with Crippen LogP contribution in [0.25, 0.3) is 0 Å². The molecule has 0 aromatic carbocycles. The molecule has 0 aliphatic heterocycles. The molecule has 0 aromatic rings. The zero-order valence-corrected chi connectivity index (χ0v) is 16.2. The summed E-state index contributed by atoms with van der Waals surface area (Å²) in [5, 5.41) is 0. The summed E-state index contributed by atoms with van der Waals surface area (Å²) < 4.78 is 0. The third kappa shape index (κ3) is 4.12. The smallest absolute Gasteiger partial charge is 0.0180 e. The van der Waals surface area contributed by atoms with Crippen LogP contribution < -0.4 is 11.5 Å². The molecule has 136 valence electrons. The van der Waals surface area contributed by atoms with Crippen LogP contribution in [0.4, 0.5) is 0 Å². The largest absolute Gasteiger partial charge is 0.325 e. The summed E-state index contributed by atoms with van der Waals surface area (Å²) >= 11 is 0. The van der Waals surface area contributed by atoms with Crippen LogP contribution in [0, 0.1) is 23.7 Å². The van der Waals surface area contributed by atoms with E-state index in [2.05, 4.69) is 27.7 Å². The lowest BCUT2D eigenvalue weighted by molar-refractivity contribution is 0.0852. The van der Waals surface area contributed by atoms with Crippen molar-refractivity contribution in [3.05, 3.63) is 0 Å². The molecule has 2 rings (SSSR count). The molecule has 0 radical (unpaired) electrons. The minimum Gasteiger partial charge on any atom is -0.325 e. The van der Waals surface area contributed by atoms with Gasteiger partial charge in [-0.1, -0.05) is 40.5 Å². The summed E-state index contributed by atoms with van der Waals surface area (Å²) in [4.78, 5) is 0. The molecule has 2 fully saturated rings. The van der Waals surface area contributed by atoms with Crippen LogP contribution in [-0.4, -0.2) is 11.1 Å². The average molecular weight is 323 g/mol. The van der Waals surface area contributed by atoms with E-state index >= 15 is 0 Å². The lowest BCUT2D eigenvalue weighted by Gasteiger charge is -2.47. The zero-order valence-electron chi connectivity index (χ0n) is 16.2. The van der Waals surface area contributed by atoms with Gasteiger partial charge in [0.05, 0.1) is 0 Å². The van der Waals surface area contributed by atoms with Crippen molar-refractivity contribution >= 4 is 0 Å². The van der Waals surface area contributed by atoms with Crippen molar-refractivity contribution in [2.45, 2.75) is 109 Å². The standard InChI is InChI=1S/C21H42N2/c1-5-18-14-16(9-11-20(18,22)7-3)13-17-10-12-21(23,8-4)19(6-2)15-17/h16-19H,5-15,22-23H2,1-4H3. The van der Waals surface area contributed by atoms with Crippen molar-refractivity contribution in [1.82, 2.24) is 0 Å². The van der Waals surface area contributed by atoms with E-state index in [0.717, 1.165) is 36.5 Å². The first-order valence-electron chi connectivity index (χ1n) is 10.5. The zero-order chi connectivity index (χ0) is 17.1. The molecule has 23 heavy (non-hydrogen) atoms. The SMILES string of the molecule is CCC1CC(CC2CCC(N)(CC)C(CC)C2)CCC1(N)CC. The summed E-state index contributed by atoms with van der Waals surface area (Å²) in [7, 11) is 0. The minimum absolute atomic E-state index is 0.123. The summed E-state index contributed by atoms with van der Waals surface area (Å²) in [6.45, 7) is 9.23. The number of hydrogen-bond acceptors (Lipinski definition) is 2. The first kappa shape index (κ1) is 19.2. The fourth-order valence-corrected chi connectivity index (χ4v) is 5.84. The maximum Gasteiger partial charge on any atom is 0.0180 e. The van der Waals surface area contributed by atoms with Crippen molar-refractivity contribution in [2.24, 2.45) is 35.1 Å². The number of nitrogens with two attached hydrogens (primary N) is 2. The van der Waals surface area contributed by atoms with Gasteiger partial charge in [-0.2, -0.15) is 0 Å². The van der Waals surface area contributed by atoms with Crippen LogP contribution in [0.2, 0.25) is 0 Å². The molecule has 2 aliphatic rings. The second-order valence-electron chi connectivity index (χ2n) is 8.90. The predicted molar refractivity (Wildman–Crippen MR) is 101 cm³/mol. The Labute approximate surface area is 145 Å². The minimum atomic E-state index is 0.123. The Balaban J connectivity index is 1.91. The Hall–Kier alpha value is -0.0800. The summed E-state index contributed by atoms with van der Waals surface area (Å²) in [5.74, 6) is 3.30. The van der Waals surface area contributed by atoms with Crippen LogP contribution in [-0.2, 0) is 0 Å². The number of hydrogen-bond donors (Lipinski definition) is 2. The quantitative estimate of drug-likeness (QED) is 0.702. The Bertz CT molecular complexity index is 335. The summed E-state index contributed by atoms with van der Waals surface area (Å²) in [6, 6.07) is 0. The van der Waals surface area contributed by atoms with Gasteiger partial charge in [0, 0.05) is 11.1 Å². The van der Waals surface area contributed by atoms with E-state index in [9.17, 15) is 0 Å². The third-order valence-corrected chi connectivity index (χ3v) is 7.87. The van der Waals surface area contributed by atoms with E-state index in [1.807, 2.05) is 0 Å². The molecule has 2 nitrogen and oxygen atoms in total. The number of rotatable bonds is 6. The molecule has 0 saturated heterocycles. The van der Waals surface area contributed by atoms with Gasteiger partial charge in [0.2, 0.25) is 0 Å². The highest BCUT2D eigenvalue weighted by Crippen LogP contribution is 2.46. The monoisotopic (exact) mass is 322 g/mol. The van der Waals surface area contributed by atoms with E-state index < -0.39 is 0 Å². The first-order chi connectivity index (χ1) is 10.9. The van der Waals surface area contributed by atoms with Gasteiger partial charge >= 0.3 is 0 Å². The van der Waals surface area contributed by atoms with Crippen LogP contribution in [0.15, 0.2) is 0 Å². The third-order valence-electron chi connectivity index (χ3n) is 7.87. The fraction of sp³-hybridized carbons (Fsp3) is 1.00. The van der Waals surface area contributed by atoms with Gasteiger partial charge in [-0.3, -0.25) is 0 Å².